The fourth-order valence-corrected chi connectivity index (χ4v) is 4.05. The van der Waals surface area contributed by atoms with Crippen molar-refractivity contribution in [1.82, 2.24) is 0 Å². The van der Waals surface area contributed by atoms with E-state index in [1.54, 1.807) is 11.1 Å². The summed E-state index contributed by atoms with van der Waals surface area (Å²) >= 11 is 0. The van der Waals surface area contributed by atoms with Gasteiger partial charge in [0.25, 0.3) is 0 Å². The second kappa shape index (κ2) is 5.56. The van der Waals surface area contributed by atoms with E-state index in [-0.39, 0.29) is 0 Å². The lowest BCUT2D eigenvalue weighted by Gasteiger charge is -2.35. The number of nitrogens with two attached hydrogens (primary N) is 1. The molecule has 1 fully saturated rings. The van der Waals surface area contributed by atoms with Crippen LogP contribution in [0.3, 0.4) is 0 Å². The van der Waals surface area contributed by atoms with E-state index in [2.05, 4.69) is 20.8 Å². The Balaban J connectivity index is 2.24. The molecule has 4 atom stereocenters. The Labute approximate surface area is 107 Å². The summed E-state index contributed by atoms with van der Waals surface area (Å²) in [6, 6.07) is 0.406. The lowest BCUT2D eigenvalue weighted by atomic mass is 9.72. The minimum atomic E-state index is 0.406. The molecule has 0 aliphatic heterocycles. The minimum absolute atomic E-state index is 0.406. The van der Waals surface area contributed by atoms with Crippen molar-refractivity contribution in [3.63, 3.8) is 0 Å². The highest BCUT2D eigenvalue weighted by Gasteiger charge is 2.32. The Bertz CT molecular complexity index is 292. The molecule has 0 heterocycles. The van der Waals surface area contributed by atoms with Gasteiger partial charge in [-0.2, -0.15) is 0 Å². The van der Waals surface area contributed by atoms with Crippen molar-refractivity contribution in [2.24, 2.45) is 23.5 Å². The molecular formula is C16H29N. The van der Waals surface area contributed by atoms with Crippen LogP contribution in [0.1, 0.15) is 65.7 Å². The van der Waals surface area contributed by atoms with Crippen LogP contribution in [0.15, 0.2) is 11.1 Å². The monoisotopic (exact) mass is 235 g/mol. The molecule has 2 rings (SSSR count). The van der Waals surface area contributed by atoms with Gasteiger partial charge in [0.05, 0.1) is 0 Å². The van der Waals surface area contributed by atoms with Crippen molar-refractivity contribution < 1.29 is 0 Å². The maximum atomic E-state index is 6.54. The number of allylic oxidation sites excluding steroid dienone is 1. The topological polar surface area (TPSA) is 26.0 Å². The van der Waals surface area contributed by atoms with Gasteiger partial charge in [-0.3, -0.25) is 0 Å². The fraction of sp³-hybridized carbons (Fsp3) is 0.875. The van der Waals surface area contributed by atoms with Crippen molar-refractivity contribution in [2.45, 2.75) is 71.8 Å². The molecule has 0 aromatic rings. The summed E-state index contributed by atoms with van der Waals surface area (Å²) in [5.41, 5.74) is 9.96. The lowest BCUT2D eigenvalue weighted by molar-refractivity contribution is 0.330. The maximum Gasteiger partial charge on any atom is 0.0131 e. The second-order valence-electron chi connectivity index (χ2n) is 6.47. The first-order valence-corrected chi connectivity index (χ1v) is 7.56. The average Bonchev–Trinajstić information content (AvgIpc) is 2.44. The van der Waals surface area contributed by atoms with Gasteiger partial charge >= 0.3 is 0 Å². The molecule has 2 unspecified atom stereocenters. The van der Waals surface area contributed by atoms with Gasteiger partial charge in [-0.15, -0.1) is 0 Å². The maximum absolute atomic E-state index is 6.54. The first-order valence-electron chi connectivity index (χ1n) is 7.56. The normalized spacial score (nSPS) is 40.2. The number of hydrogen-bond donors (Lipinski definition) is 1. The van der Waals surface area contributed by atoms with Crippen molar-refractivity contribution in [3.05, 3.63) is 11.1 Å². The van der Waals surface area contributed by atoms with Gasteiger partial charge in [-0.05, 0) is 56.8 Å². The van der Waals surface area contributed by atoms with Crippen molar-refractivity contribution in [3.8, 4) is 0 Å². The van der Waals surface area contributed by atoms with E-state index < -0.39 is 0 Å². The van der Waals surface area contributed by atoms with E-state index in [4.69, 9.17) is 5.73 Å². The van der Waals surface area contributed by atoms with Gasteiger partial charge in [0.15, 0.2) is 0 Å². The Morgan fingerprint density at radius 3 is 2.41 bits per heavy atom. The molecule has 1 heteroatoms. The molecule has 2 aliphatic carbocycles. The molecule has 0 aromatic heterocycles. The highest BCUT2D eigenvalue weighted by molar-refractivity contribution is 5.22. The summed E-state index contributed by atoms with van der Waals surface area (Å²) in [5.74, 6) is 2.17. The molecule has 0 radical (unpaired) electrons. The molecule has 0 bridgehead atoms. The van der Waals surface area contributed by atoms with Crippen LogP contribution in [-0.4, -0.2) is 6.04 Å². The van der Waals surface area contributed by atoms with Gasteiger partial charge < -0.3 is 5.73 Å². The lowest BCUT2D eigenvalue weighted by Crippen LogP contribution is -2.38. The Kier molecular flexibility index (Phi) is 4.30. The highest BCUT2D eigenvalue weighted by Crippen LogP contribution is 2.40. The van der Waals surface area contributed by atoms with Gasteiger partial charge in [0.2, 0.25) is 0 Å². The summed E-state index contributed by atoms with van der Waals surface area (Å²) in [4.78, 5) is 0. The van der Waals surface area contributed by atoms with Crippen molar-refractivity contribution >= 4 is 0 Å². The van der Waals surface area contributed by atoms with Crippen LogP contribution in [0.5, 0.6) is 0 Å². The highest BCUT2D eigenvalue weighted by atomic mass is 14.7. The number of rotatable bonds is 1. The van der Waals surface area contributed by atoms with Crippen LogP contribution in [0.25, 0.3) is 0 Å². The quantitative estimate of drug-likeness (QED) is 0.533. The molecule has 2 aliphatic rings. The zero-order chi connectivity index (χ0) is 12.4. The van der Waals surface area contributed by atoms with Crippen molar-refractivity contribution in [2.75, 3.05) is 0 Å². The summed E-state index contributed by atoms with van der Waals surface area (Å²) < 4.78 is 0. The van der Waals surface area contributed by atoms with Crippen LogP contribution in [0.4, 0.5) is 0 Å². The predicted octanol–water partition coefficient (Wildman–Crippen LogP) is 4.28. The Morgan fingerprint density at radius 2 is 1.71 bits per heavy atom. The predicted molar refractivity (Wildman–Crippen MR) is 74.8 cm³/mol. The Hall–Kier alpha value is -0.300. The van der Waals surface area contributed by atoms with Gasteiger partial charge in [0, 0.05) is 6.04 Å². The molecule has 2 N–H and O–H groups in total. The van der Waals surface area contributed by atoms with Crippen LogP contribution >= 0.6 is 0 Å². The first-order chi connectivity index (χ1) is 8.11. The smallest absolute Gasteiger partial charge is 0.0131 e. The summed E-state index contributed by atoms with van der Waals surface area (Å²) in [7, 11) is 0. The van der Waals surface area contributed by atoms with Crippen LogP contribution in [0, 0.1) is 17.8 Å². The zero-order valence-corrected chi connectivity index (χ0v) is 11.8. The first kappa shape index (κ1) is 13.1. The molecule has 0 aromatic carbocycles. The molecule has 17 heavy (non-hydrogen) atoms. The van der Waals surface area contributed by atoms with Gasteiger partial charge in [0.1, 0.15) is 0 Å². The fourth-order valence-electron chi connectivity index (χ4n) is 4.05. The SMILES string of the molecule is CC1=C([C@@H]2CCCC[C@@H](C)C2N)C(C)CCC1. The van der Waals surface area contributed by atoms with Crippen LogP contribution in [-0.2, 0) is 0 Å². The van der Waals surface area contributed by atoms with E-state index >= 15 is 0 Å². The average molecular weight is 235 g/mol. The molecule has 0 saturated heterocycles. The molecule has 0 amide bonds. The molecule has 1 saturated carbocycles. The standard InChI is InChI=1S/C16H29N/c1-11-8-6-9-12(2)15(11)14-10-5-4-7-13(3)16(14)17/h11,13-14,16H,4-10,17H2,1-3H3/t11?,13-,14+,16?/m1/s1. The molecule has 1 nitrogen and oxygen atoms in total. The third kappa shape index (κ3) is 2.76. The van der Waals surface area contributed by atoms with Crippen LogP contribution in [0.2, 0.25) is 0 Å². The third-order valence-electron chi connectivity index (χ3n) is 5.16. The summed E-state index contributed by atoms with van der Waals surface area (Å²) in [6.45, 7) is 7.12. The Morgan fingerprint density at radius 1 is 1.00 bits per heavy atom. The van der Waals surface area contributed by atoms with Crippen LogP contribution < -0.4 is 5.73 Å². The van der Waals surface area contributed by atoms with E-state index in [0.29, 0.717) is 17.9 Å². The molecule has 98 valence electrons. The summed E-state index contributed by atoms with van der Waals surface area (Å²) in [5, 5.41) is 0. The zero-order valence-electron chi connectivity index (χ0n) is 11.8. The van der Waals surface area contributed by atoms with Gasteiger partial charge in [-0.25, -0.2) is 0 Å². The van der Waals surface area contributed by atoms with Gasteiger partial charge in [-0.1, -0.05) is 37.8 Å². The minimum Gasteiger partial charge on any atom is -0.327 e. The largest absolute Gasteiger partial charge is 0.327 e. The second-order valence-corrected chi connectivity index (χ2v) is 6.47. The van der Waals surface area contributed by atoms with E-state index in [0.717, 1.165) is 5.92 Å². The molecular weight excluding hydrogens is 206 g/mol. The van der Waals surface area contributed by atoms with E-state index in [9.17, 15) is 0 Å². The third-order valence-corrected chi connectivity index (χ3v) is 5.16. The molecule has 0 spiro atoms. The van der Waals surface area contributed by atoms with E-state index in [1.807, 2.05) is 0 Å². The van der Waals surface area contributed by atoms with E-state index in [1.165, 1.54) is 44.9 Å². The number of hydrogen-bond acceptors (Lipinski definition) is 1. The summed E-state index contributed by atoms with van der Waals surface area (Å²) in [6.07, 6.45) is 9.51. The van der Waals surface area contributed by atoms with Crippen molar-refractivity contribution in [1.29, 1.82) is 0 Å².